The third kappa shape index (κ3) is 4.45. The lowest BCUT2D eigenvalue weighted by molar-refractivity contribution is -0.119. The molecule has 1 heterocycles. The predicted molar refractivity (Wildman–Crippen MR) is 120 cm³/mol. The number of esters is 1. The van der Waals surface area contributed by atoms with Crippen LogP contribution < -0.4 is 15.6 Å². The van der Waals surface area contributed by atoms with E-state index in [2.05, 4.69) is 5.32 Å². The highest BCUT2D eigenvalue weighted by molar-refractivity contribution is 5.97. The minimum Gasteiger partial charge on any atom is -0.495 e. The molecule has 0 aliphatic heterocycles. The van der Waals surface area contributed by atoms with Crippen LogP contribution in [0.5, 0.6) is 5.75 Å². The summed E-state index contributed by atoms with van der Waals surface area (Å²) in [5.41, 5.74) is 2.06. The Kier molecular flexibility index (Phi) is 6.74. The summed E-state index contributed by atoms with van der Waals surface area (Å²) in [6.45, 7) is 5.74. The summed E-state index contributed by atoms with van der Waals surface area (Å²) in [7, 11) is 1.54. The molecule has 2 aromatic carbocycles. The molecule has 1 N–H and O–H groups in total. The Labute approximate surface area is 180 Å². The maximum absolute atomic E-state index is 13.1. The van der Waals surface area contributed by atoms with Crippen molar-refractivity contribution >= 4 is 28.5 Å². The van der Waals surface area contributed by atoms with Gasteiger partial charge in [0.1, 0.15) is 11.8 Å². The van der Waals surface area contributed by atoms with Crippen molar-refractivity contribution in [1.82, 2.24) is 4.57 Å². The second-order valence-electron chi connectivity index (χ2n) is 7.10. The van der Waals surface area contributed by atoms with Crippen molar-refractivity contribution in [3.05, 3.63) is 70.0 Å². The molecular formula is C24H26N2O5. The number of methoxy groups -OCH3 is 1. The molecule has 31 heavy (non-hydrogen) atoms. The average molecular weight is 422 g/mol. The van der Waals surface area contributed by atoms with Gasteiger partial charge in [0.15, 0.2) is 0 Å². The van der Waals surface area contributed by atoms with Crippen LogP contribution in [0, 0.1) is 6.92 Å². The predicted octanol–water partition coefficient (Wildman–Crippen LogP) is 4.09. The number of pyridine rings is 1. The second-order valence-corrected chi connectivity index (χ2v) is 7.10. The lowest BCUT2D eigenvalue weighted by atomic mass is 10.1. The number of amides is 1. The number of anilines is 1. The Morgan fingerprint density at radius 2 is 1.81 bits per heavy atom. The number of hydrogen-bond donors (Lipinski definition) is 1. The maximum atomic E-state index is 13.1. The van der Waals surface area contributed by atoms with Crippen LogP contribution in [-0.2, 0) is 9.53 Å². The minimum atomic E-state index is -0.739. The van der Waals surface area contributed by atoms with E-state index in [-0.39, 0.29) is 18.1 Å². The number of ether oxygens (including phenoxy) is 2. The van der Waals surface area contributed by atoms with Crippen LogP contribution in [0.4, 0.5) is 5.69 Å². The maximum Gasteiger partial charge on any atom is 0.338 e. The quantitative estimate of drug-likeness (QED) is 0.580. The normalized spacial score (nSPS) is 11.7. The molecule has 7 heteroatoms. The molecule has 1 atom stereocenters. The molecule has 0 saturated carbocycles. The van der Waals surface area contributed by atoms with E-state index in [4.69, 9.17) is 9.47 Å². The third-order valence-corrected chi connectivity index (χ3v) is 5.13. The number of rotatable bonds is 7. The molecule has 0 fully saturated rings. The number of carbonyl (C=O) groups is 2. The molecule has 0 bridgehead atoms. The smallest absolute Gasteiger partial charge is 0.338 e. The van der Waals surface area contributed by atoms with Crippen molar-refractivity contribution in [2.24, 2.45) is 0 Å². The van der Waals surface area contributed by atoms with Crippen molar-refractivity contribution in [1.29, 1.82) is 0 Å². The number of fused-ring (bicyclic) bond motifs is 1. The number of para-hydroxylation sites is 1. The summed E-state index contributed by atoms with van der Waals surface area (Å²) >= 11 is 0. The zero-order valence-corrected chi connectivity index (χ0v) is 18.1. The molecule has 0 radical (unpaired) electrons. The fourth-order valence-corrected chi connectivity index (χ4v) is 3.62. The Hall–Kier alpha value is -3.61. The summed E-state index contributed by atoms with van der Waals surface area (Å²) in [6.07, 6.45) is 0.406. The van der Waals surface area contributed by atoms with Gasteiger partial charge in [0.2, 0.25) is 5.91 Å². The van der Waals surface area contributed by atoms with Crippen LogP contribution in [-0.4, -0.2) is 30.2 Å². The van der Waals surface area contributed by atoms with E-state index in [0.717, 1.165) is 10.9 Å². The number of benzene rings is 2. The number of aromatic nitrogens is 1. The SMILES string of the molecule is CCOC(=O)c1ccc(NC(=O)C(CC)n2c(=O)cc(C)c3cccc(OC)c32)cc1. The first-order chi connectivity index (χ1) is 14.9. The van der Waals surface area contributed by atoms with E-state index in [9.17, 15) is 14.4 Å². The molecule has 0 aliphatic rings. The molecule has 0 spiro atoms. The Bertz CT molecular complexity index is 1170. The van der Waals surface area contributed by atoms with Crippen LogP contribution >= 0.6 is 0 Å². The zero-order valence-electron chi connectivity index (χ0n) is 18.1. The average Bonchev–Trinajstić information content (AvgIpc) is 2.76. The van der Waals surface area contributed by atoms with Gasteiger partial charge in [-0.2, -0.15) is 0 Å². The van der Waals surface area contributed by atoms with Gasteiger partial charge in [0, 0.05) is 17.1 Å². The number of nitrogens with one attached hydrogen (secondary N) is 1. The molecule has 1 amide bonds. The molecule has 1 unspecified atom stereocenters. The first-order valence-corrected chi connectivity index (χ1v) is 10.2. The van der Waals surface area contributed by atoms with Crippen LogP contribution in [0.1, 0.15) is 42.2 Å². The van der Waals surface area contributed by atoms with E-state index in [0.29, 0.717) is 28.9 Å². The minimum absolute atomic E-state index is 0.269. The summed E-state index contributed by atoms with van der Waals surface area (Å²) in [6, 6.07) is 12.8. The van der Waals surface area contributed by atoms with E-state index < -0.39 is 12.0 Å². The molecule has 162 valence electrons. The molecule has 3 rings (SSSR count). The van der Waals surface area contributed by atoms with Crippen LogP contribution in [0.25, 0.3) is 10.9 Å². The molecule has 0 aliphatic carbocycles. The van der Waals surface area contributed by atoms with Crippen molar-refractivity contribution in [2.75, 3.05) is 19.0 Å². The topological polar surface area (TPSA) is 86.6 Å². The second kappa shape index (κ2) is 9.47. The summed E-state index contributed by atoms with van der Waals surface area (Å²) in [5, 5.41) is 3.69. The lowest BCUT2D eigenvalue weighted by Crippen LogP contribution is -2.33. The van der Waals surface area contributed by atoms with Crippen molar-refractivity contribution in [2.45, 2.75) is 33.2 Å². The molecular weight excluding hydrogens is 396 g/mol. The highest BCUT2D eigenvalue weighted by Crippen LogP contribution is 2.29. The first-order valence-electron chi connectivity index (χ1n) is 10.2. The van der Waals surface area contributed by atoms with Crippen LogP contribution in [0.15, 0.2) is 53.3 Å². The fourth-order valence-electron chi connectivity index (χ4n) is 3.62. The third-order valence-electron chi connectivity index (χ3n) is 5.13. The van der Waals surface area contributed by atoms with E-state index >= 15 is 0 Å². The summed E-state index contributed by atoms with van der Waals surface area (Å²) in [4.78, 5) is 37.9. The molecule has 0 saturated heterocycles. The van der Waals surface area contributed by atoms with Gasteiger partial charge >= 0.3 is 5.97 Å². The Balaban J connectivity index is 1.97. The van der Waals surface area contributed by atoms with E-state index in [1.165, 1.54) is 17.7 Å². The van der Waals surface area contributed by atoms with Gasteiger partial charge in [-0.3, -0.25) is 14.2 Å². The van der Waals surface area contributed by atoms with Gasteiger partial charge in [-0.15, -0.1) is 0 Å². The van der Waals surface area contributed by atoms with Crippen molar-refractivity contribution in [3.8, 4) is 5.75 Å². The lowest BCUT2D eigenvalue weighted by Gasteiger charge is -2.22. The highest BCUT2D eigenvalue weighted by Gasteiger charge is 2.24. The monoisotopic (exact) mass is 422 g/mol. The van der Waals surface area contributed by atoms with Crippen molar-refractivity contribution in [3.63, 3.8) is 0 Å². The highest BCUT2D eigenvalue weighted by atomic mass is 16.5. The van der Waals surface area contributed by atoms with Gasteiger partial charge in [-0.25, -0.2) is 4.79 Å². The molecule has 3 aromatic rings. The van der Waals surface area contributed by atoms with Crippen LogP contribution in [0.2, 0.25) is 0 Å². The van der Waals surface area contributed by atoms with Gasteiger partial charge in [-0.05, 0) is 56.2 Å². The molecule has 7 nitrogen and oxygen atoms in total. The first kappa shape index (κ1) is 22.1. The largest absolute Gasteiger partial charge is 0.495 e. The van der Waals surface area contributed by atoms with Gasteiger partial charge < -0.3 is 14.8 Å². The zero-order chi connectivity index (χ0) is 22.5. The van der Waals surface area contributed by atoms with Gasteiger partial charge in [0.25, 0.3) is 5.56 Å². The molecule has 1 aromatic heterocycles. The van der Waals surface area contributed by atoms with Gasteiger partial charge in [-0.1, -0.05) is 19.1 Å². The number of carbonyl (C=O) groups excluding carboxylic acids is 2. The summed E-state index contributed by atoms with van der Waals surface area (Å²) < 4.78 is 12.0. The number of nitrogens with zero attached hydrogens (tertiary/aromatic N) is 1. The van der Waals surface area contributed by atoms with E-state index in [1.54, 1.807) is 37.3 Å². The fraction of sp³-hybridized carbons (Fsp3) is 0.292. The Morgan fingerprint density at radius 1 is 1.10 bits per heavy atom. The number of hydrogen-bond acceptors (Lipinski definition) is 5. The standard InChI is InChI=1S/C24H26N2O5/c1-5-19(23(28)25-17-12-10-16(11-13-17)24(29)31-6-2)26-21(27)14-15(3)18-8-7-9-20(30-4)22(18)26/h7-14,19H,5-6H2,1-4H3,(H,25,28). The number of aryl methyl sites for hydroxylation is 1. The van der Waals surface area contributed by atoms with Crippen molar-refractivity contribution < 1.29 is 19.1 Å². The summed E-state index contributed by atoms with van der Waals surface area (Å²) in [5.74, 6) is -0.218. The van der Waals surface area contributed by atoms with Gasteiger partial charge in [0.05, 0.1) is 24.8 Å². The Morgan fingerprint density at radius 3 is 2.42 bits per heavy atom. The van der Waals surface area contributed by atoms with Crippen LogP contribution in [0.3, 0.4) is 0 Å². The van der Waals surface area contributed by atoms with E-state index in [1.807, 2.05) is 26.0 Å².